The minimum Gasteiger partial charge on any atom is -0.287 e. The molecule has 0 amide bonds. The van der Waals surface area contributed by atoms with Crippen molar-refractivity contribution in [2.24, 2.45) is 5.92 Å². The van der Waals surface area contributed by atoms with Gasteiger partial charge in [-0.25, -0.2) is 4.68 Å². The number of nitrogens with zero attached hydrogens (tertiary/aromatic N) is 3. The van der Waals surface area contributed by atoms with Crippen molar-refractivity contribution in [3.05, 3.63) is 40.8 Å². The molecule has 94 valence electrons. The maximum atomic E-state index is 12.2. The summed E-state index contributed by atoms with van der Waals surface area (Å²) in [6.45, 7) is 1.63. The lowest BCUT2D eigenvalue weighted by Crippen LogP contribution is -2.32. The van der Waals surface area contributed by atoms with Crippen LogP contribution in [0, 0.1) is 5.92 Å². The van der Waals surface area contributed by atoms with E-state index in [1.807, 2.05) is 31.3 Å². The molecule has 0 aliphatic heterocycles. The molecule has 1 aromatic carbocycles. The molecule has 0 saturated heterocycles. The fraction of sp³-hybridized carbons (Fsp3) is 0.429. The molecule has 1 aliphatic carbocycles. The SMILES string of the molecule is CN(CC1CC1)Cn1ncc2ccccc2c1=O. The van der Waals surface area contributed by atoms with Gasteiger partial charge in [0.1, 0.15) is 0 Å². The molecule has 1 aliphatic rings. The largest absolute Gasteiger partial charge is 0.287 e. The Bertz CT molecular complexity index is 616. The van der Waals surface area contributed by atoms with Crippen molar-refractivity contribution in [1.82, 2.24) is 14.7 Å². The summed E-state index contributed by atoms with van der Waals surface area (Å²) >= 11 is 0. The van der Waals surface area contributed by atoms with Gasteiger partial charge < -0.3 is 0 Å². The van der Waals surface area contributed by atoms with E-state index in [1.54, 1.807) is 10.9 Å². The van der Waals surface area contributed by atoms with Crippen LogP contribution in [0.1, 0.15) is 12.8 Å². The Labute approximate surface area is 106 Å². The molecule has 1 heterocycles. The maximum Gasteiger partial charge on any atom is 0.275 e. The van der Waals surface area contributed by atoms with Gasteiger partial charge in [0, 0.05) is 11.9 Å². The van der Waals surface area contributed by atoms with Crippen LogP contribution in [-0.4, -0.2) is 28.3 Å². The minimum atomic E-state index is -0.00394. The first kappa shape index (κ1) is 11.4. The number of fused-ring (bicyclic) bond motifs is 1. The molecule has 0 N–H and O–H groups in total. The van der Waals surface area contributed by atoms with Crippen molar-refractivity contribution < 1.29 is 0 Å². The van der Waals surface area contributed by atoms with Crippen molar-refractivity contribution in [3.8, 4) is 0 Å². The molecular formula is C14H17N3O. The van der Waals surface area contributed by atoms with Gasteiger partial charge in [-0.15, -0.1) is 0 Å². The van der Waals surface area contributed by atoms with Gasteiger partial charge in [0.05, 0.1) is 18.3 Å². The summed E-state index contributed by atoms with van der Waals surface area (Å²) in [4.78, 5) is 14.4. The third kappa shape index (κ3) is 2.29. The van der Waals surface area contributed by atoms with Gasteiger partial charge >= 0.3 is 0 Å². The molecule has 0 bridgehead atoms. The molecule has 0 radical (unpaired) electrons. The normalized spacial score (nSPS) is 15.4. The minimum absolute atomic E-state index is 0.00394. The highest BCUT2D eigenvalue weighted by Gasteiger charge is 2.22. The number of benzene rings is 1. The Hall–Kier alpha value is -1.68. The number of hydrogen-bond acceptors (Lipinski definition) is 3. The fourth-order valence-electron chi connectivity index (χ4n) is 2.26. The first-order valence-electron chi connectivity index (χ1n) is 6.37. The third-order valence-corrected chi connectivity index (χ3v) is 3.40. The van der Waals surface area contributed by atoms with Gasteiger partial charge in [-0.1, -0.05) is 18.2 Å². The first-order valence-corrected chi connectivity index (χ1v) is 6.37. The number of aromatic nitrogens is 2. The summed E-state index contributed by atoms with van der Waals surface area (Å²) in [6.07, 6.45) is 4.41. The Kier molecular flexibility index (Phi) is 2.88. The van der Waals surface area contributed by atoms with E-state index in [4.69, 9.17) is 0 Å². The van der Waals surface area contributed by atoms with Gasteiger partial charge in [-0.2, -0.15) is 5.10 Å². The van der Waals surface area contributed by atoms with Crippen LogP contribution in [0.15, 0.2) is 35.3 Å². The molecule has 1 fully saturated rings. The molecular weight excluding hydrogens is 226 g/mol. The Morgan fingerprint density at radius 1 is 1.39 bits per heavy atom. The second-order valence-electron chi connectivity index (χ2n) is 5.16. The zero-order valence-electron chi connectivity index (χ0n) is 10.5. The van der Waals surface area contributed by atoms with E-state index in [0.717, 1.165) is 23.2 Å². The molecule has 3 rings (SSSR count). The highest BCUT2D eigenvalue weighted by molar-refractivity contribution is 5.80. The van der Waals surface area contributed by atoms with Crippen LogP contribution in [0.4, 0.5) is 0 Å². The highest BCUT2D eigenvalue weighted by atomic mass is 16.1. The van der Waals surface area contributed by atoms with Gasteiger partial charge in [0.2, 0.25) is 0 Å². The lowest BCUT2D eigenvalue weighted by Gasteiger charge is -2.16. The van der Waals surface area contributed by atoms with Gasteiger partial charge in [-0.3, -0.25) is 9.69 Å². The maximum absolute atomic E-state index is 12.2. The summed E-state index contributed by atoms with van der Waals surface area (Å²) in [5.74, 6) is 0.825. The van der Waals surface area contributed by atoms with Crippen molar-refractivity contribution >= 4 is 10.8 Å². The van der Waals surface area contributed by atoms with E-state index in [0.29, 0.717) is 6.67 Å². The molecule has 1 saturated carbocycles. The highest BCUT2D eigenvalue weighted by Crippen LogP contribution is 2.29. The van der Waals surface area contributed by atoms with E-state index in [1.165, 1.54) is 12.8 Å². The predicted molar refractivity (Wildman–Crippen MR) is 71.4 cm³/mol. The van der Waals surface area contributed by atoms with E-state index >= 15 is 0 Å². The topological polar surface area (TPSA) is 38.1 Å². The quantitative estimate of drug-likeness (QED) is 0.820. The number of rotatable bonds is 4. The van der Waals surface area contributed by atoms with Gasteiger partial charge in [0.25, 0.3) is 5.56 Å². The van der Waals surface area contributed by atoms with Crippen LogP contribution in [0.2, 0.25) is 0 Å². The van der Waals surface area contributed by atoms with Crippen molar-refractivity contribution in [3.63, 3.8) is 0 Å². The summed E-state index contributed by atoms with van der Waals surface area (Å²) in [6, 6.07) is 7.59. The second kappa shape index (κ2) is 4.53. The summed E-state index contributed by atoms with van der Waals surface area (Å²) in [5.41, 5.74) is -0.00394. The van der Waals surface area contributed by atoms with Crippen LogP contribution < -0.4 is 5.56 Å². The number of hydrogen-bond donors (Lipinski definition) is 0. The van der Waals surface area contributed by atoms with Crippen LogP contribution in [0.25, 0.3) is 10.8 Å². The lowest BCUT2D eigenvalue weighted by molar-refractivity contribution is 0.239. The zero-order chi connectivity index (χ0) is 12.5. The summed E-state index contributed by atoms with van der Waals surface area (Å²) in [7, 11) is 2.04. The van der Waals surface area contributed by atoms with Crippen molar-refractivity contribution in [1.29, 1.82) is 0 Å². The Balaban J connectivity index is 1.87. The third-order valence-electron chi connectivity index (χ3n) is 3.40. The Morgan fingerprint density at radius 3 is 2.94 bits per heavy atom. The van der Waals surface area contributed by atoms with Crippen molar-refractivity contribution in [2.45, 2.75) is 19.5 Å². The Morgan fingerprint density at radius 2 is 2.17 bits per heavy atom. The standard InChI is InChI=1S/C14H17N3O/c1-16(9-11-6-7-11)10-17-14(18)13-5-3-2-4-12(13)8-15-17/h2-5,8,11H,6-7,9-10H2,1H3. The monoisotopic (exact) mass is 243 g/mol. The molecule has 18 heavy (non-hydrogen) atoms. The molecule has 1 aromatic heterocycles. The van der Waals surface area contributed by atoms with Crippen LogP contribution in [0.5, 0.6) is 0 Å². The average Bonchev–Trinajstić information content (AvgIpc) is 3.17. The fourth-order valence-corrected chi connectivity index (χ4v) is 2.26. The molecule has 4 heteroatoms. The smallest absolute Gasteiger partial charge is 0.275 e. The lowest BCUT2D eigenvalue weighted by atomic mass is 10.2. The van der Waals surface area contributed by atoms with Crippen LogP contribution in [0.3, 0.4) is 0 Å². The van der Waals surface area contributed by atoms with E-state index in [2.05, 4.69) is 10.00 Å². The van der Waals surface area contributed by atoms with E-state index in [-0.39, 0.29) is 5.56 Å². The average molecular weight is 243 g/mol. The molecule has 0 unspecified atom stereocenters. The van der Waals surface area contributed by atoms with Gasteiger partial charge in [-0.05, 0) is 31.9 Å². The van der Waals surface area contributed by atoms with Crippen molar-refractivity contribution in [2.75, 3.05) is 13.6 Å². The van der Waals surface area contributed by atoms with Crippen LogP contribution in [-0.2, 0) is 6.67 Å². The van der Waals surface area contributed by atoms with E-state index < -0.39 is 0 Å². The first-order chi connectivity index (χ1) is 8.74. The predicted octanol–water partition coefficient (Wildman–Crippen LogP) is 1.70. The molecule has 0 atom stereocenters. The van der Waals surface area contributed by atoms with Gasteiger partial charge in [0.15, 0.2) is 0 Å². The molecule has 2 aromatic rings. The van der Waals surface area contributed by atoms with E-state index in [9.17, 15) is 4.79 Å². The summed E-state index contributed by atoms with van der Waals surface area (Å²) < 4.78 is 1.55. The van der Waals surface area contributed by atoms with Crippen LogP contribution >= 0.6 is 0 Å². The molecule has 4 nitrogen and oxygen atoms in total. The second-order valence-corrected chi connectivity index (χ2v) is 5.16. The zero-order valence-corrected chi connectivity index (χ0v) is 10.5. The molecule has 0 spiro atoms. The summed E-state index contributed by atoms with van der Waals surface area (Å²) in [5, 5.41) is 5.89.